The van der Waals surface area contributed by atoms with Gasteiger partial charge in [-0.3, -0.25) is 9.53 Å². The Labute approximate surface area is 156 Å². The zero-order chi connectivity index (χ0) is 21.3. The summed E-state index contributed by atoms with van der Waals surface area (Å²) in [5.74, 6) is -0.389. The van der Waals surface area contributed by atoms with Crippen LogP contribution in [0, 0.1) is 0 Å². The summed E-state index contributed by atoms with van der Waals surface area (Å²) in [5, 5.41) is 2.72. The lowest BCUT2D eigenvalue weighted by Gasteiger charge is -2.46. The highest BCUT2D eigenvalue weighted by molar-refractivity contribution is 5.85. The molecule has 2 rings (SSSR count). The van der Waals surface area contributed by atoms with Crippen molar-refractivity contribution in [3.63, 3.8) is 0 Å². The molecule has 28 heavy (non-hydrogen) atoms. The van der Waals surface area contributed by atoms with E-state index in [1.165, 1.54) is 31.9 Å². The molecule has 0 bridgehead atoms. The minimum atomic E-state index is -4.78. The van der Waals surface area contributed by atoms with Crippen LogP contribution in [-0.2, 0) is 9.53 Å². The van der Waals surface area contributed by atoms with Crippen LogP contribution in [0.1, 0.15) is 13.8 Å². The van der Waals surface area contributed by atoms with E-state index in [4.69, 9.17) is 0 Å². The van der Waals surface area contributed by atoms with Gasteiger partial charge in [0, 0.05) is 19.7 Å². The Hall–Kier alpha value is -2.31. The zero-order valence-electron chi connectivity index (χ0n) is 15.2. The van der Waals surface area contributed by atoms with E-state index >= 15 is 0 Å². The summed E-state index contributed by atoms with van der Waals surface area (Å²) in [6.07, 6.45) is -9.30. The molecule has 1 aromatic heterocycles. The minimum absolute atomic E-state index is 0.00886. The van der Waals surface area contributed by atoms with Crippen molar-refractivity contribution >= 4 is 17.5 Å². The average molecular weight is 415 g/mol. The van der Waals surface area contributed by atoms with Gasteiger partial charge in [-0.05, 0) is 13.8 Å². The average Bonchev–Trinajstić information content (AvgIpc) is 2.55. The van der Waals surface area contributed by atoms with Crippen LogP contribution in [0.5, 0.6) is 0 Å². The highest BCUT2D eigenvalue weighted by atomic mass is 19.4. The first kappa shape index (κ1) is 22.0. The van der Waals surface area contributed by atoms with Gasteiger partial charge in [0.2, 0.25) is 5.91 Å². The molecule has 13 heteroatoms. The first-order valence-electron chi connectivity index (χ1n) is 8.18. The molecule has 1 saturated heterocycles. The molecule has 1 amide bonds. The lowest BCUT2D eigenvalue weighted by Crippen LogP contribution is -2.64. The van der Waals surface area contributed by atoms with Crippen molar-refractivity contribution in [1.82, 2.24) is 14.9 Å². The molecule has 3 atom stereocenters. The fraction of sp³-hybridized carbons (Fsp3) is 0.667. The van der Waals surface area contributed by atoms with E-state index in [0.29, 0.717) is 0 Å². The van der Waals surface area contributed by atoms with Crippen molar-refractivity contribution in [3.8, 4) is 0 Å². The second kappa shape index (κ2) is 7.97. The highest BCUT2D eigenvalue weighted by Crippen LogP contribution is 2.29. The Morgan fingerprint density at radius 1 is 1.36 bits per heavy atom. The number of carbonyl (C=O) groups is 1. The van der Waals surface area contributed by atoms with Crippen molar-refractivity contribution in [1.29, 1.82) is 0 Å². The molecule has 1 aliphatic rings. The molecule has 1 aromatic rings. The molecule has 2 heterocycles. The van der Waals surface area contributed by atoms with Crippen LogP contribution in [0.15, 0.2) is 12.4 Å². The maximum Gasteiger partial charge on any atom is 0.522 e. The van der Waals surface area contributed by atoms with Gasteiger partial charge in [-0.15, -0.1) is 13.2 Å². The Morgan fingerprint density at radius 3 is 2.54 bits per heavy atom. The van der Waals surface area contributed by atoms with Gasteiger partial charge in [0.15, 0.2) is 0 Å². The number of anilines is 2. The summed E-state index contributed by atoms with van der Waals surface area (Å²) < 4.78 is 78.1. The molecular weight excluding hydrogens is 396 g/mol. The van der Waals surface area contributed by atoms with E-state index in [-0.39, 0.29) is 18.2 Å². The fourth-order valence-corrected chi connectivity index (χ4v) is 2.69. The first-order valence-corrected chi connectivity index (χ1v) is 8.18. The number of nitrogens with one attached hydrogen (secondary N) is 1. The maximum absolute atomic E-state index is 12.5. The molecule has 1 N–H and O–H groups in total. The molecule has 0 aliphatic carbocycles. The molecule has 1 fully saturated rings. The number of aromatic nitrogens is 2. The number of nitrogens with zero attached hydrogens (tertiary/aromatic N) is 4. The second-order valence-corrected chi connectivity index (χ2v) is 6.43. The summed E-state index contributed by atoms with van der Waals surface area (Å²) in [5.41, 5.74) is 0. The van der Waals surface area contributed by atoms with Crippen molar-refractivity contribution in [2.45, 2.75) is 44.6 Å². The molecule has 0 radical (unpaired) electrons. The zero-order valence-corrected chi connectivity index (χ0v) is 15.2. The monoisotopic (exact) mass is 415 g/mol. The van der Waals surface area contributed by atoms with Crippen LogP contribution in [-0.4, -0.2) is 71.6 Å². The van der Waals surface area contributed by atoms with Gasteiger partial charge >= 0.3 is 12.5 Å². The van der Waals surface area contributed by atoms with E-state index in [0.717, 1.165) is 11.2 Å². The Balaban J connectivity index is 1.95. The molecule has 7 nitrogen and oxygen atoms in total. The fourth-order valence-electron chi connectivity index (χ4n) is 2.69. The quantitative estimate of drug-likeness (QED) is 0.720. The number of amides is 1. The molecular formula is C15H19F6N5O2. The first-order chi connectivity index (χ1) is 12.8. The van der Waals surface area contributed by atoms with Crippen LogP contribution in [0.25, 0.3) is 0 Å². The summed E-state index contributed by atoms with van der Waals surface area (Å²) >= 11 is 0. The maximum atomic E-state index is 12.5. The Morgan fingerprint density at radius 2 is 2.00 bits per heavy atom. The number of alkyl halides is 6. The van der Waals surface area contributed by atoms with E-state index in [1.807, 2.05) is 0 Å². The van der Waals surface area contributed by atoms with Crippen molar-refractivity contribution in [2.75, 3.05) is 30.4 Å². The lowest BCUT2D eigenvalue weighted by atomic mass is 10.00. The van der Waals surface area contributed by atoms with Crippen LogP contribution < -0.4 is 10.2 Å². The van der Waals surface area contributed by atoms with E-state index in [2.05, 4.69) is 20.0 Å². The third-order valence-corrected chi connectivity index (χ3v) is 4.17. The van der Waals surface area contributed by atoms with Crippen LogP contribution >= 0.6 is 0 Å². The van der Waals surface area contributed by atoms with Crippen LogP contribution in [0.2, 0.25) is 0 Å². The minimum Gasteiger partial charge on any atom is -0.358 e. The number of hydrogen-bond donors (Lipinski definition) is 1. The van der Waals surface area contributed by atoms with E-state index < -0.39 is 43.2 Å². The van der Waals surface area contributed by atoms with Gasteiger partial charge in [0.05, 0.1) is 6.04 Å². The normalized spacial score (nSPS) is 21.1. The van der Waals surface area contributed by atoms with Gasteiger partial charge in [0.25, 0.3) is 0 Å². The summed E-state index contributed by atoms with van der Waals surface area (Å²) in [7, 11) is 1.21. The number of halogens is 6. The molecule has 1 aliphatic heterocycles. The van der Waals surface area contributed by atoms with Gasteiger partial charge < -0.3 is 15.1 Å². The standard InChI is InChI=1S/C15H19F6N5O2/c1-8(13(27)26-5-10(9(26)2)28-15(19,20)21)24-11-4-12(23-7-22-11)25(3)6-14(16,17)18/h4,7-10H,5-6H2,1-3H3,(H,22,23,24)/t8-,9+,10+/m1/s1. The summed E-state index contributed by atoms with van der Waals surface area (Å²) in [4.78, 5) is 22.1. The summed E-state index contributed by atoms with van der Waals surface area (Å²) in [6, 6.07) is -0.396. The largest absolute Gasteiger partial charge is 0.522 e. The second-order valence-electron chi connectivity index (χ2n) is 6.43. The Kier molecular flexibility index (Phi) is 6.26. The van der Waals surface area contributed by atoms with Gasteiger partial charge in [-0.2, -0.15) is 13.2 Å². The van der Waals surface area contributed by atoms with Crippen LogP contribution in [0.4, 0.5) is 38.0 Å². The number of hydrogen-bond acceptors (Lipinski definition) is 6. The lowest BCUT2D eigenvalue weighted by molar-refractivity contribution is -0.359. The number of rotatable bonds is 6. The SMILES string of the molecule is C[C@@H](Nc1cc(N(C)CC(F)(F)F)ncn1)C(=O)N1C[C@H](OC(F)(F)F)[C@@H]1C. The van der Waals surface area contributed by atoms with Gasteiger partial charge in [-0.1, -0.05) is 0 Å². The molecule has 0 saturated carbocycles. The number of likely N-dealkylation sites (tertiary alicyclic amines) is 1. The third-order valence-electron chi connectivity index (χ3n) is 4.17. The van der Waals surface area contributed by atoms with Crippen molar-refractivity contribution < 1.29 is 35.9 Å². The van der Waals surface area contributed by atoms with E-state index in [9.17, 15) is 31.1 Å². The van der Waals surface area contributed by atoms with Gasteiger partial charge in [-0.25, -0.2) is 9.97 Å². The van der Waals surface area contributed by atoms with Gasteiger partial charge in [0.1, 0.15) is 36.7 Å². The molecule has 0 unspecified atom stereocenters. The van der Waals surface area contributed by atoms with E-state index in [1.54, 1.807) is 0 Å². The van der Waals surface area contributed by atoms with Crippen molar-refractivity contribution in [3.05, 3.63) is 12.4 Å². The summed E-state index contributed by atoms with van der Waals surface area (Å²) in [6.45, 7) is 1.46. The number of carbonyl (C=O) groups excluding carboxylic acids is 1. The highest BCUT2D eigenvalue weighted by Gasteiger charge is 2.46. The molecule has 158 valence electrons. The smallest absolute Gasteiger partial charge is 0.358 e. The Bertz CT molecular complexity index is 698. The molecule has 0 aromatic carbocycles. The topological polar surface area (TPSA) is 70.6 Å². The molecule has 0 spiro atoms. The predicted molar refractivity (Wildman–Crippen MR) is 86.5 cm³/mol. The third kappa shape index (κ3) is 5.84. The number of ether oxygens (including phenoxy) is 1. The van der Waals surface area contributed by atoms with Crippen LogP contribution in [0.3, 0.4) is 0 Å². The predicted octanol–water partition coefficient (Wildman–Crippen LogP) is 2.41. The van der Waals surface area contributed by atoms with Crippen molar-refractivity contribution in [2.24, 2.45) is 0 Å².